The van der Waals surface area contributed by atoms with E-state index in [0.717, 1.165) is 0 Å². The average Bonchev–Trinajstić information content (AvgIpc) is 4.46. The molecule has 0 aliphatic heterocycles. The molecule has 0 atom stereocenters. The van der Waals surface area contributed by atoms with E-state index < -0.39 is 0 Å². The molecule has 1 fully saturated rings. The summed E-state index contributed by atoms with van der Waals surface area (Å²) in [6, 6.07) is 94.8. The standard InChI is InChI=1S/C77H54N2/c1-3-13-59-47-63(37-33-55(59)11-1)78-73-17-7-5-15-67(73)69-45-53(27-41-75(69)78)21-19-51-23-29-57(30-24-51)61-35-39-65-66-40-36-62(50-72(66)77(71(65)49-61)43-9-10-44-77)58-31-25-52(26-32-58)20-22-54-28-42-76-70(46-54)68-16-6-8-18-74(68)79(76)64-38-34-56-12-2-4-14-60(56)48-64/h1-8,11-42,45-50H,9-10,43-44H2/b21-19+,22-20+. The first kappa shape index (κ1) is 45.4. The molecule has 2 heteroatoms. The molecule has 2 aliphatic rings. The van der Waals surface area contributed by atoms with E-state index in [2.05, 4.69) is 288 Å². The van der Waals surface area contributed by atoms with Crippen LogP contribution in [0.5, 0.6) is 0 Å². The van der Waals surface area contributed by atoms with Crippen LogP contribution in [0, 0.1) is 0 Å². The summed E-state index contributed by atoms with van der Waals surface area (Å²) in [5.74, 6) is 0. The summed E-state index contributed by atoms with van der Waals surface area (Å²) in [5, 5.41) is 10.1. The van der Waals surface area contributed by atoms with Gasteiger partial charge in [-0.25, -0.2) is 0 Å². The Kier molecular flexibility index (Phi) is 10.5. The van der Waals surface area contributed by atoms with Crippen LogP contribution in [0.3, 0.4) is 0 Å². The molecule has 1 saturated carbocycles. The van der Waals surface area contributed by atoms with Crippen LogP contribution in [0.2, 0.25) is 0 Å². The fourth-order valence-corrected chi connectivity index (χ4v) is 13.7. The van der Waals surface area contributed by atoms with Crippen molar-refractivity contribution in [3.05, 3.63) is 288 Å². The van der Waals surface area contributed by atoms with Crippen LogP contribution in [-0.4, -0.2) is 9.13 Å². The zero-order chi connectivity index (χ0) is 52.0. The fraction of sp³-hybridized carbons (Fsp3) is 0.0649. The average molecular weight is 1010 g/mol. The van der Waals surface area contributed by atoms with Crippen molar-refractivity contribution < 1.29 is 0 Å². The Labute approximate surface area is 460 Å². The largest absolute Gasteiger partial charge is 0.309 e. The van der Waals surface area contributed by atoms with Gasteiger partial charge in [0.25, 0.3) is 0 Å². The van der Waals surface area contributed by atoms with Gasteiger partial charge < -0.3 is 9.13 Å². The van der Waals surface area contributed by atoms with Crippen LogP contribution < -0.4 is 0 Å². The number of rotatable bonds is 8. The maximum atomic E-state index is 2.52. The van der Waals surface area contributed by atoms with Gasteiger partial charge >= 0.3 is 0 Å². The van der Waals surface area contributed by atoms with Crippen molar-refractivity contribution in [2.45, 2.75) is 31.1 Å². The van der Waals surface area contributed by atoms with Gasteiger partial charge in [0.1, 0.15) is 0 Å². The molecule has 2 nitrogen and oxygen atoms in total. The topological polar surface area (TPSA) is 9.86 Å². The first-order valence-electron chi connectivity index (χ1n) is 28.0. The van der Waals surface area contributed by atoms with Gasteiger partial charge in [0.2, 0.25) is 0 Å². The molecule has 79 heavy (non-hydrogen) atoms. The zero-order valence-electron chi connectivity index (χ0n) is 43.8. The quantitative estimate of drug-likeness (QED) is 0.134. The molecule has 0 unspecified atom stereocenters. The van der Waals surface area contributed by atoms with E-state index >= 15 is 0 Å². The second-order valence-corrected chi connectivity index (χ2v) is 22.0. The highest BCUT2D eigenvalue weighted by Gasteiger charge is 2.45. The zero-order valence-corrected chi connectivity index (χ0v) is 43.8. The predicted molar refractivity (Wildman–Crippen MR) is 336 cm³/mol. The highest BCUT2D eigenvalue weighted by Crippen LogP contribution is 2.58. The van der Waals surface area contributed by atoms with Gasteiger partial charge in [-0.05, 0) is 174 Å². The minimum atomic E-state index is 0.0494. The van der Waals surface area contributed by atoms with Gasteiger partial charge in [0.15, 0.2) is 0 Å². The van der Waals surface area contributed by atoms with Crippen LogP contribution in [-0.2, 0) is 5.41 Å². The minimum Gasteiger partial charge on any atom is -0.309 e. The molecule has 12 aromatic carbocycles. The van der Waals surface area contributed by atoms with Gasteiger partial charge in [-0.1, -0.05) is 219 Å². The summed E-state index contributed by atoms with van der Waals surface area (Å²) < 4.78 is 4.81. The molecular formula is C77H54N2. The molecule has 2 aliphatic carbocycles. The van der Waals surface area contributed by atoms with Crippen molar-refractivity contribution in [1.29, 1.82) is 0 Å². The maximum absolute atomic E-state index is 2.52. The second-order valence-electron chi connectivity index (χ2n) is 22.0. The Balaban J connectivity index is 0.641. The summed E-state index contributed by atoms with van der Waals surface area (Å²) in [6.07, 6.45) is 13.9. The number of benzene rings is 12. The lowest BCUT2D eigenvalue weighted by molar-refractivity contribution is 0.550. The summed E-state index contributed by atoms with van der Waals surface area (Å²) in [5.41, 5.74) is 23.0. The minimum absolute atomic E-state index is 0.0494. The molecule has 2 heterocycles. The Morgan fingerprint density at radius 3 is 1.13 bits per heavy atom. The molecule has 0 N–H and O–H groups in total. The van der Waals surface area contributed by atoms with Crippen LogP contribution in [0.15, 0.2) is 255 Å². The number of para-hydroxylation sites is 2. The van der Waals surface area contributed by atoms with Gasteiger partial charge in [0, 0.05) is 38.3 Å². The van der Waals surface area contributed by atoms with Crippen LogP contribution in [0.25, 0.3) is 134 Å². The van der Waals surface area contributed by atoms with Gasteiger partial charge in [-0.15, -0.1) is 0 Å². The van der Waals surface area contributed by atoms with Crippen LogP contribution in [0.1, 0.15) is 59.1 Å². The molecule has 0 bridgehead atoms. The Bertz CT molecular complexity index is 4520. The molecule has 0 saturated heterocycles. The van der Waals surface area contributed by atoms with Crippen molar-refractivity contribution in [1.82, 2.24) is 9.13 Å². The number of hydrogen-bond donors (Lipinski definition) is 0. The molecule has 0 amide bonds. The van der Waals surface area contributed by atoms with Gasteiger partial charge in [-0.3, -0.25) is 0 Å². The third kappa shape index (κ3) is 7.54. The first-order valence-corrected chi connectivity index (χ1v) is 28.0. The molecule has 1 spiro atoms. The van der Waals surface area contributed by atoms with E-state index in [1.165, 1.54) is 169 Å². The Morgan fingerprint density at radius 2 is 0.658 bits per heavy atom. The van der Waals surface area contributed by atoms with E-state index in [1.807, 2.05) is 0 Å². The van der Waals surface area contributed by atoms with E-state index in [4.69, 9.17) is 0 Å². The van der Waals surface area contributed by atoms with Crippen molar-refractivity contribution in [3.8, 4) is 44.8 Å². The van der Waals surface area contributed by atoms with E-state index in [-0.39, 0.29) is 5.41 Å². The number of fused-ring (bicyclic) bond motifs is 13. The fourth-order valence-electron chi connectivity index (χ4n) is 13.7. The molecule has 372 valence electrons. The van der Waals surface area contributed by atoms with Crippen molar-refractivity contribution in [2.75, 3.05) is 0 Å². The lowest BCUT2D eigenvalue weighted by atomic mass is 9.75. The van der Waals surface area contributed by atoms with E-state index in [9.17, 15) is 0 Å². The Morgan fingerprint density at radius 1 is 0.278 bits per heavy atom. The summed E-state index contributed by atoms with van der Waals surface area (Å²) >= 11 is 0. The van der Waals surface area contributed by atoms with Crippen molar-refractivity contribution in [2.24, 2.45) is 0 Å². The number of hydrogen-bond acceptors (Lipinski definition) is 0. The molecule has 16 rings (SSSR count). The first-order chi connectivity index (χ1) is 39.1. The summed E-state index contributed by atoms with van der Waals surface area (Å²) in [6.45, 7) is 0. The summed E-state index contributed by atoms with van der Waals surface area (Å²) in [7, 11) is 0. The van der Waals surface area contributed by atoms with Gasteiger partial charge in [-0.2, -0.15) is 0 Å². The maximum Gasteiger partial charge on any atom is 0.0541 e. The second kappa shape index (κ2) is 18.2. The van der Waals surface area contributed by atoms with E-state index in [0.29, 0.717) is 0 Å². The van der Waals surface area contributed by atoms with Crippen LogP contribution in [0.4, 0.5) is 0 Å². The normalized spacial score (nSPS) is 13.9. The highest BCUT2D eigenvalue weighted by molar-refractivity contribution is 6.11. The van der Waals surface area contributed by atoms with Gasteiger partial charge in [0.05, 0.1) is 22.1 Å². The number of nitrogens with zero attached hydrogens (tertiary/aromatic N) is 2. The monoisotopic (exact) mass is 1010 g/mol. The predicted octanol–water partition coefficient (Wildman–Crippen LogP) is 20.7. The molecule has 14 aromatic rings. The van der Waals surface area contributed by atoms with Crippen molar-refractivity contribution >= 4 is 89.5 Å². The lowest BCUT2D eigenvalue weighted by Gasteiger charge is -2.27. The Hall–Kier alpha value is -9.76. The number of aromatic nitrogens is 2. The summed E-state index contributed by atoms with van der Waals surface area (Å²) in [4.78, 5) is 0. The van der Waals surface area contributed by atoms with Crippen LogP contribution >= 0.6 is 0 Å². The van der Waals surface area contributed by atoms with Crippen molar-refractivity contribution in [3.63, 3.8) is 0 Å². The highest BCUT2D eigenvalue weighted by atomic mass is 15.0. The lowest BCUT2D eigenvalue weighted by Crippen LogP contribution is -2.20. The SMILES string of the molecule is C(=C\c1ccc2c(c1)c1ccccc1n2-c1ccc2ccccc2c1)/c1ccc(-c2ccc3c(c2)C2(CCCC2)c2cc(-c4ccc(/C=C/c5ccc6c(c5)c5ccccc5n6-c5ccc6ccccc6c5)cc4)ccc2-3)cc1. The molecular weight excluding hydrogens is 953 g/mol. The molecule has 0 radical (unpaired) electrons. The molecule has 2 aromatic heterocycles. The third-order valence-corrected chi connectivity index (χ3v) is 17.6. The smallest absolute Gasteiger partial charge is 0.0541 e. The van der Waals surface area contributed by atoms with E-state index in [1.54, 1.807) is 0 Å². The third-order valence-electron chi connectivity index (χ3n) is 17.6.